The predicted octanol–water partition coefficient (Wildman–Crippen LogP) is 3.30. The lowest BCUT2D eigenvalue weighted by Gasteiger charge is -2.32. The normalized spacial score (nSPS) is 20.4. The first-order valence-corrected chi connectivity index (χ1v) is 8.37. The second kappa shape index (κ2) is 6.99. The molecule has 1 aromatic carbocycles. The van der Waals surface area contributed by atoms with Gasteiger partial charge in [-0.2, -0.15) is 0 Å². The monoisotopic (exact) mass is 312 g/mol. The number of nitrogens with zero attached hydrogens (tertiary/aromatic N) is 2. The maximum atomic E-state index is 12.5. The molecule has 4 heteroatoms. The van der Waals surface area contributed by atoms with Crippen LogP contribution in [0.25, 0.3) is 0 Å². The van der Waals surface area contributed by atoms with Gasteiger partial charge < -0.3 is 9.74 Å². The third-order valence-corrected chi connectivity index (χ3v) is 4.66. The van der Waals surface area contributed by atoms with Crippen molar-refractivity contribution in [2.24, 2.45) is 11.1 Å². The Balaban J connectivity index is 1.59. The van der Waals surface area contributed by atoms with Gasteiger partial charge in [0.05, 0.1) is 12.3 Å². The van der Waals surface area contributed by atoms with E-state index in [0.717, 1.165) is 30.5 Å². The first kappa shape index (κ1) is 15.8. The Morgan fingerprint density at radius 2 is 2.13 bits per heavy atom. The Kier molecular flexibility index (Phi) is 4.79. The SMILES string of the molecule is C=CCN(CC1CC(c2ccc(C)cc2)=NO1)C(=O)C1CCC1. The summed E-state index contributed by atoms with van der Waals surface area (Å²) in [6.07, 6.45) is 5.67. The molecule has 0 bridgehead atoms. The Bertz CT molecular complexity index is 602. The van der Waals surface area contributed by atoms with E-state index in [9.17, 15) is 4.79 Å². The van der Waals surface area contributed by atoms with E-state index >= 15 is 0 Å². The van der Waals surface area contributed by atoms with Crippen LogP contribution in [0.3, 0.4) is 0 Å². The van der Waals surface area contributed by atoms with E-state index in [1.54, 1.807) is 6.08 Å². The number of hydrogen-bond donors (Lipinski definition) is 0. The van der Waals surface area contributed by atoms with Gasteiger partial charge in [0.1, 0.15) is 0 Å². The minimum atomic E-state index is -0.0599. The van der Waals surface area contributed by atoms with Gasteiger partial charge in [-0.25, -0.2) is 0 Å². The van der Waals surface area contributed by atoms with Gasteiger partial charge in [0.25, 0.3) is 0 Å². The molecule has 1 fully saturated rings. The summed E-state index contributed by atoms with van der Waals surface area (Å²) < 4.78 is 0. The van der Waals surface area contributed by atoms with Crippen molar-refractivity contribution in [2.75, 3.05) is 13.1 Å². The van der Waals surface area contributed by atoms with Gasteiger partial charge in [0.15, 0.2) is 6.10 Å². The molecule has 0 radical (unpaired) electrons. The number of rotatable bonds is 6. The van der Waals surface area contributed by atoms with E-state index in [1.165, 1.54) is 12.0 Å². The van der Waals surface area contributed by atoms with Crippen molar-refractivity contribution < 1.29 is 9.63 Å². The van der Waals surface area contributed by atoms with E-state index in [4.69, 9.17) is 4.84 Å². The zero-order chi connectivity index (χ0) is 16.2. The standard InChI is InChI=1S/C19H24N2O2/c1-3-11-21(19(22)16-5-4-6-16)13-17-12-18(20-23-17)15-9-7-14(2)8-10-15/h3,7-10,16-17H,1,4-6,11-13H2,2H3. The molecule has 2 aliphatic rings. The van der Waals surface area contributed by atoms with Crippen molar-refractivity contribution in [1.29, 1.82) is 0 Å². The van der Waals surface area contributed by atoms with Crippen LogP contribution in [0.15, 0.2) is 42.1 Å². The maximum Gasteiger partial charge on any atom is 0.226 e. The third kappa shape index (κ3) is 3.63. The number of hydrogen-bond acceptors (Lipinski definition) is 3. The van der Waals surface area contributed by atoms with Gasteiger partial charge in [-0.1, -0.05) is 47.5 Å². The summed E-state index contributed by atoms with van der Waals surface area (Å²) in [4.78, 5) is 19.9. The summed E-state index contributed by atoms with van der Waals surface area (Å²) in [5, 5.41) is 4.22. The van der Waals surface area contributed by atoms with E-state index in [0.29, 0.717) is 13.1 Å². The van der Waals surface area contributed by atoms with Crippen LogP contribution in [0.5, 0.6) is 0 Å². The molecule has 23 heavy (non-hydrogen) atoms. The van der Waals surface area contributed by atoms with E-state index in [-0.39, 0.29) is 17.9 Å². The molecule has 1 unspecified atom stereocenters. The topological polar surface area (TPSA) is 41.9 Å². The van der Waals surface area contributed by atoms with Crippen molar-refractivity contribution in [3.05, 3.63) is 48.0 Å². The van der Waals surface area contributed by atoms with E-state index in [1.807, 2.05) is 4.90 Å². The first-order chi connectivity index (χ1) is 11.2. The summed E-state index contributed by atoms with van der Waals surface area (Å²) >= 11 is 0. The molecule has 1 atom stereocenters. The Labute approximate surface area is 137 Å². The fourth-order valence-corrected chi connectivity index (χ4v) is 3.01. The van der Waals surface area contributed by atoms with E-state index in [2.05, 4.69) is 42.9 Å². The zero-order valence-electron chi connectivity index (χ0n) is 13.7. The third-order valence-electron chi connectivity index (χ3n) is 4.66. The van der Waals surface area contributed by atoms with Crippen LogP contribution in [-0.4, -0.2) is 35.7 Å². The molecule has 1 aliphatic carbocycles. The number of carbonyl (C=O) groups is 1. The average Bonchev–Trinajstić information content (AvgIpc) is 2.94. The number of amides is 1. The number of carbonyl (C=O) groups excluding carboxylic acids is 1. The van der Waals surface area contributed by atoms with Gasteiger partial charge in [-0.3, -0.25) is 4.79 Å². The van der Waals surface area contributed by atoms with Crippen LogP contribution >= 0.6 is 0 Å². The maximum absolute atomic E-state index is 12.5. The Morgan fingerprint density at radius 1 is 1.39 bits per heavy atom. The van der Waals surface area contributed by atoms with Crippen molar-refractivity contribution in [2.45, 2.75) is 38.7 Å². The highest BCUT2D eigenvalue weighted by Crippen LogP contribution is 2.29. The van der Waals surface area contributed by atoms with Gasteiger partial charge >= 0.3 is 0 Å². The van der Waals surface area contributed by atoms with Crippen molar-refractivity contribution >= 4 is 11.6 Å². The smallest absolute Gasteiger partial charge is 0.226 e. The summed E-state index contributed by atoms with van der Waals surface area (Å²) in [7, 11) is 0. The van der Waals surface area contributed by atoms with Crippen molar-refractivity contribution in [3.63, 3.8) is 0 Å². The molecule has 1 saturated carbocycles. The zero-order valence-corrected chi connectivity index (χ0v) is 13.7. The number of oxime groups is 1. The highest BCUT2D eigenvalue weighted by Gasteiger charge is 2.32. The lowest BCUT2D eigenvalue weighted by molar-refractivity contribution is -0.139. The molecule has 122 valence electrons. The molecular weight excluding hydrogens is 288 g/mol. The summed E-state index contributed by atoms with van der Waals surface area (Å²) in [5.41, 5.74) is 3.29. The number of aryl methyl sites for hydroxylation is 1. The predicted molar refractivity (Wildman–Crippen MR) is 91.3 cm³/mol. The summed E-state index contributed by atoms with van der Waals surface area (Å²) in [6.45, 7) is 7.00. The van der Waals surface area contributed by atoms with Gasteiger partial charge in [-0.05, 0) is 25.3 Å². The molecule has 1 amide bonds. The molecule has 3 rings (SSSR count). The quantitative estimate of drug-likeness (QED) is 0.756. The minimum Gasteiger partial charge on any atom is -0.390 e. The van der Waals surface area contributed by atoms with Crippen LogP contribution in [0.2, 0.25) is 0 Å². The van der Waals surface area contributed by atoms with Crippen LogP contribution < -0.4 is 0 Å². The average molecular weight is 312 g/mol. The van der Waals surface area contributed by atoms with Crippen LogP contribution in [0.1, 0.15) is 36.8 Å². The van der Waals surface area contributed by atoms with Crippen molar-refractivity contribution in [1.82, 2.24) is 4.90 Å². The summed E-state index contributed by atoms with van der Waals surface area (Å²) in [6, 6.07) is 8.30. The lowest BCUT2D eigenvalue weighted by atomic mass is 9.84. The molecule has 0 N–H and O–H groups in total. The molecule has 0 aromatic heterocycles. The molecule has 0 spiro atoms. The molecular formula is C19H24N2O2. The fraction of sp³-hybridized carbons (Fsp3) is 0.474. The Morgan fingerprint density at radius 3 is 2.74 bits per heavy atom. The first-order valence-electron chi connectivity index (χ1n) is 8.37. The van der Waals surface area contributed by atoms with Gasteiger partial charge in [0, 0.05) is 18.9 Å². The van der Waals surface area contributed by atoms with Crippen LogP contribution in [0, 0.1) is 12.8 Å². The molecule has 1 aliphatic heterocycles. The fourth-order valence-electron chi connectivity index (χ4n) is 3.01. The highest BCUT2D eigenvalue weighted by molar-refractivity contribution is 6.01. The van der Waals surface area contributed by atoms with Crippen LogP contribution in [0.4, 0.5) is 0 Å². The molecule has 1 heterocycles. The summed E-state index contributed by atoms with van der Waals surface area (Å²) in [5.74, 6) is 0.442. The number of benzene rings is 1. The molecule has 1 aromatic rings. The highest BCUT2D eigenvalue weighted by atomic mass is 16.6. The second-order valence-electron chi connectivity index (χ2n) is 6.50. The van der Waals surface area contributed by atoms with E-state index < -0.39 is 0 Å². The van der Waals surface area contributed by atoms with Gasteiger partial charge in [-0.15, -0.1) is 6.58 Å². The lowest BCUT2D eigenvalue weighted by Crippen LogP contribution is -2.43. The molecule has 4 nitrogen and oxygen atoms in total. The molecule has 0 saturated heterocycles. The second-order valence-corrected chi connectivity index (χ2v) is 6.50. The van der Waals surface area contributed by atoms with Gasteiger partial charge in [0.2, 0.25) is 5.91 Å². The Hall–Kier alpha value is -2.10. The van der Waals surface area contributed by atoms with Crippen molar-refractivity contribution in [3.8, 4) is 0 Å². The largest absolute Gasteiger partial charge is 0.390 e. The van der Waals surface area contributed by atoms with Crippen LogP contribution in [-0.2, 0) is 9.63 Å². The minimum absolute atomic E-state index is 0.0599.